The Hall–Kier alpha value is -2.09. The number of rotatable bonds is 5. The lowest BCUT2D eigenvalue weighted by Crippen LogP contribution is -2.31. The molecule has 8 heteroatoms. The number of hydrogen-bond donors (Lipinski definition) is 2. The van der Waals surface area contributed by atoms with Crippen molar-refractivity contribution in [1.82, 2.24) is 25.1 Å². The van der Waals surface area contributed by atoms with E-state index in [1.807, 2.05) is 37.0 Å². The molecular formula is C16H24N6OS. The van der Waals surface area contributed by atoms with Crippen LogP contribution in [0.4, 0.5) is 11.6 Å². The van der Waals surface area contributed by atoms with E-state index in [0.717, 1.165) is 0 Å². The molecule has 0 atom stereocenters. The van der Waals surface area contributed by atoms with Gasteiger partial charge in [-0.15, -0.1) is 0 Å². The third-order valence-electron chi connectivity index (χ3n) is 3.14. The molecule has 0 saturated carbocycles. The maximum Gasteiger partial charge on any atom is 0.256 e. The highest BCUT2D eigenvalue weighted by atomic mass is 32.2. The molecule has 24 heavy (non-hydrogen) atoms. The van der Waals surface area contributed by atoms with Gasteiger partial charge >= 0.3 is 0 Å². The van der Waals surface area contributed by atoms with E-state index in [-0.39, 0.29) is 17.5 Å². The Kier molecular flexibility index (Phi) is 5.48. The first-order valence-corrected chi connectivity index (χ1v) is 8.98. The van der Waals surface area contributed by atoms with Gasteiger partial charge in [0.1, 0.15) is 11.4 Å². The molecule has 2 N–H and O–H groups in total. The number of thioether (sulfide) groups is 1. The second-order valence-electron chi connectivity index (χ2n) is 6.69. The molecule has 0 spiro atoms. The summed E-state index contributed by atoms with van der Waals surface area (Å²) in [6.45, 7) is 10.0. The molecule has 2 heterocycles. The first-order chi connectivity index (χ1) is 11.2. The third-order valence-corrected chi connectivity index (χ3v) is 3.70. The second kappa shape index (κ2) is 7.21. The van der Waals surface area contributed by atoms with E-state index in [2.05, 4.69) is 46.5 Å². The van der Waals surface area contributed by atoms with Crippen LogP contribution in [0, 0.1) is 0 Å². The lowest BCUT2D eigenvalue weighted by atomic mass is 10.1. The molecule has 0 fully saturated rings. The molecule has 2 rings (SSSR count). The number of hydrogen-bond acceptors (Lipinski definition) is 6. The van der Waals surface area contributed by atoms with Crippen molar-refractivity contribution in [2.75, 3.05) is 11.6 Å². The van der Waals surface area contributed by atoms with Crippen molar-refractivity contribution >= 4 is 29.3 Å². The summed E-state index contributed by atoms with van der Waals surface area (Å²) in [5.41, 5.74) is 0.278. The monoisotopic (exact) mass is 348 g/mol. The number of nitrogens with one attached hydrogen (secondary N) is 2. The highest BCUT2D eigenvalue weighted by molar-refractivity contribution is 7.98. The fraction of sp³-hybridized carbons (Fsp3) is 0.500. The Morgan fingerprint density at radius 1 is 1.33 bits per heavy atom. The standard InChI is InChI=1S/C16H24N6OS/c1-10(2)18-14(23)11-9-17-15(24-6)20-13(11)19-12-7-8-22(21-12)16(3,4)5/h7-10H,1-6H3,(H,18,23)(H,17,19,20,21). The minimum Gasteiger partial charge on any atom is -0.350 e. The number of aromatic nitrogens is 4. The van der Waals surface area contributed by atoms with Gasteiger partial charge in [-0.3, -0.25) is 9.48 Å². The van der Waals surface area contributed by atoms with Gasteiger partial charge in [0.15, 0.2) is 11.0 Å². The zero-order valence-corrected chi connectivity index (χ0v) is 15.7. The summed E-state index contributed by atoms with van der Waals surface area (Å²) in [5, 5.41) is 11.1. The van der Waals surface area contributed by atoms with Crippen LogP contribution in [0.1, 0.15) is 45.0 Å². The maximum atomic E-state index is 12.4. The predicted octanol–water partition coefficient (Wildman–Crippen LogP) is 3.03. The SMILES string of the molecule is CSc1ncc(C(=O)NC(C)C)c(Nc2ccn(C(C)(C)C)n2)n1. The summed E-state index contributed by atoms with van der Waals surface area (Å²) in [4.78, 5) is 21.0. The van der Waals surface area contributed by atoms with Crippen molar-refractivity contribution < 1.29 is 4.79 Å². The fourth-order valence-corrected chi connectivity index (χ4v) is 2.29. The summed E-state index contributed by atoms with van der Waals surface area (Å²) in [6, 6.07) is 1.89. The lowest BCUT2D eigenvalue weighted by molar-refractivity contribution is 0.0943. The molecule has 130 valence electrons. The van der Waals surface area contributed by atoms with Crippen molar-refractivity contribution in [3.63, 3.8) is 0 Å². The molecule has 0 aliphatic rings. The number of carbonyl (C=O) groups excluding carboxylic acids is 1. The van der Waals surface area contributed by atoms with Crippen molar-refractivity contribution in [3.8, 4) is 0 Å². The van der Waals surface area contributed by atoms with E-state index in [4.69, 9.17) is 0 Å². The van der Waals surface area contributed by atoms with Crippen LogP contribution >= 0.6 is 11.8 Å². The number of anilines is 2. The van der Waals surface area contributed by atoms with E-state index >= 15 is 0 Å². The number of amides is 1. The van der Waals surface area contributed by atoms with Crippen LogP contribution in [0.15, 0.2) is 23.6 Å². The molecular weight excluding hydrogens is 324 g/mol. The summed E-state index contributed by atoms with van der Waals surface area (Å²) < 4.78 is 1.86. The molecule has 0 bridgehead atoms. The highest BCUT2D eigenvalue weighted by Gasteiger charge is 2.18. The molecule has 1 amide bonds. The fourth-order valence-electron chi connectivity index (χ4n) is 1.95. The van der Waals surface area contributed by atoms with Crippen LogP contribution < -0.4 is 10.6 Å². The second-order valence-corrected chi connectivity index (χ2v) is 7.46. The Morgan fingerprint density at radius 2 is 2.04 bits per heavy atom. The van der Waals surface area contributed by atoms with E-state index < -0.39 is 0 Å². The molecule has 7 nitrogen and oxygen atoms in total. The van der Waals surface area contributed by atoms with E-state index in [9.17, 15) is 4.79 Å². The first kappa shape index (κ1) is 18.3. The predicted molar refractivity (Wildman–Crippen MR) is 96.9 cm³/mol. The zero-order chi connectivity index (χ0) is 17.9. The van der Waals surface area contributed by atoms with Gasteiger partial charge < -0.3 is 10.6 Å². The Labute approximate surface area is 146 Å². The average molecular weight is 348 g/mol. The largest absolute Gasteiger partial charge is 0.350 e. The van der Waals surface area contributed by atoms with E-state index in [0.29, 0.717) is 22.4 Å². The van der Waals surface area contributed by atoms with Gasteiger partial charge in [-0.1, -0.05) is 11.8 Å². The molecule has 2 aromatic heterocycles. The number of nitrogens with zero attached hydrogens (tertiary/aromatic N) is 4. The molecule has 0 aromatic carbocycles. The highest BCUT2D eigenvalue weighted by Crippen LogP contribution is 2.22. The molecule has 0 aliphatic carbocycles. The van der Waals surface area contributed by atoms with Gasteiger partial charge in [-0.25, -0.2) is 9.97 Å². The van der Waals surface area contributed by atoms with Crippen LogP contribution in [0.2, 0.25) is 0 Å². The Bertz CT molecular complexity index is 720. The summed E-state index contributed by atoms with van der Waals surface area (Å²) >= 11 is 1.42. The lowest BCUT2D eigenvalue weighted by Gasteiger charge is -2.18. The van der Waals surface area contributed by atoms with E-state index in [1.165, 1.54) is 11.8 Å². The van der Waals surface area contributed by atoms with Crippen LogP contribution in [-0.4, -0.2) is 38.0 Å². The quantitative estimate of drug-likeness (QED) is 0.638. The van der Waals surface area contributed by atoms with Crippen molar-refractivity contribution in [1.29, 1.82) is 0 Å². The van der Waals surface area contributed by atoms with Crippen molar-refractivity contribution in [2.24, 2.45) is 0 Å². The Balaban J connectivity index is 2.33. The van der Waals surface area contributed by atoms with Gasteiger partial charge in [0.2, 0.25) is 0 Å². The van der Waals surface area contributed by atoms with E-state index in [1.54, 1.807) is 6.20 Å². The van der Waals surface area contributed by atoms with Gasteiger partial charge in [0, 0.05) is 24.5 Å². The maximum absolute atomic E-state index is 12.4. The minimum absolute atomic E-state index is 0.0330. The first-order valence-electron chi connectivity index (χ1n) is 7.75. The molecule has 0 unspecified atom stereocenters. The summed E-state index contributed by atoms with van der Waals surface area (Å²) in [6.07, 6.45) is 5.33. The van der Waals surface area contributed by atoms with Gasteiger partial charge in [0.25, 0.3) is 5.91 Å². The number of carbonyl (C=O) groups is 1. The smallest absolute Gasteiger partial charge is 0.256 e. The van der Waals surface area contributed by atoms with Crippen molar-refractivity contribution in [2.45, 2.75) is 51.4 Å². The minimum atomic E-state index is -0.213. The Morgan fingerprint density at radius 3 is 2.58 bits per heavy atom. The third kappa shape index (κ3) is 4.47. The average Bonchev–Trinajstić information content (AvgIpc) is 2.95. The summed E-state index contributed by atoms with van der Waals surface area (Å²) in [7, 11) is 0. The molecule has 0 aliphatic heterocycles. The summed E-state index contributed by atoms with van der Waals surface area (Å²) in [5.74, 6) is 0.872. The normalized spacial score (nSPS) is 11.6. The van der Waals surface area contributed by atoms with Crippen LogP contribution in [0.5, 0.6) is 0 Å². The van der Waals surface area contributed by atoms with Crippen LogP contribution in [0.3, 0.4) is 0 Å². The molecule has 2 aromatic rings. The van der Waals surface area contributed by atoms with Crippen LogP contribution in [0.25, 0.3) is 0 Å². The molecule has 0 radical (unpaired) electrons. The topological polar surface area (TPSA) is 84.7 Å². The van der Waals surface area contributed by atoms with Gasteiger partial charge in [-0.2, -0.15) is 5.10 Å². The van der Waals surface area contributed by atoms with Gasteiger partial charge in [0.05, 0.1) is 5.54 Å². The zero-order valence-electron chi connectivity index (χ0n) is 14.9. The molecule has 0 saturated heterocycles. The van der Waals surface area contributed by atoms with Crippen LogP contribution in [-0.2, 0) is 5.54 Å². The van der Waals surface area contributed by atoms with Crippen molar-refractivity contribution in [3.05, 3.63) is 24.0 Å². The van der Waals surface area contributed by atoms with Gasteiger partial charge in [-0.05, 0) is 40.9 Å².